The zero-order valence-electron chi connectivity index (χ0n) is 36.5. The Morgan fingerprint density at radius 3 is 2.39 bits per heavy atom. The fourth-order valence-corrected chi connectivity index (χ4v) is 16.0. The predicted octanol–water partition coefficient (Wildman–Crippen LogP) is 10.6. The van der Waals surface area contributed by atoms with Crippen molar-refractivity contribution in [3.05, 3.63) is 89.5 Å². The maximum atomic E-state index is 12.2. The number of fused-ring (bicyclic) bond motifs is 8. The Balaban J connectivity index is 0.898. The summed E-state index contributed by atoms with van der Waals surface area (Å²) in [7, 11) is 1.46. The van der Waals surface area contributed by atoms with E-state index in [2.05, 4.69) is 112 Å². The lowest BCUT2D eigenvalue weighted by molar-refractivity contribution is -0.219. The molecule has 0 radical (unpaired) electrons. The third-order valence-corrected chi connectivity index (χ3v) is 19.0. The Hall–Kier alpha value is -2.73. The van der Waals surface area contributed by atoms with Gasteiger partial charge in [-0.3, -0.25) is 4.90 Å². The van der Waals surface area contributed by atoms with E-state index in [1.54, 1.807) is 0 Å². The number of likely N-dealkylation sites (tertiary alicyclic amines) is 1. The number of rotatable bonds is 11. The number of esters is 1. The second kappa shape index (κ2) is 14.5. The van der Waals surface area contributed by atoms with Gasteiger partial charge in [0.1, 0.15) is 0 Å². The van der Waals surface area contributed by atoms with Gasteiger partial charge in [-0.25, -0.2) is 4.79 Å². The largest absolute Gasteiger partial charge is 0.465 e. The summed E-state index contributed by atoms with van der Waals surface area (Å²) >= 11 is 0. The Labute approximate surface area is 345 Å². The number of ether oxygens (including phenoxy) is 1. The van der Waals surface area contributed by atoms with Gasteiger partial charge in [0, 0.05) is 44.3 Å². The van der Waals surface area contributed by atoms with Crippen LogP contribution >= 0.6 is 0 Å². The molecule has 6 aliphatic carbocycles. The van der Waals surface area contributed by atoms with Crippen molar-refractivity contribution in [1.29, 1.82) is 0 Å². The topological polar surface area (TPSA) is 53.6 Å². The quantitative estimate of drug-likeness (QED) is 0.135. The third-order valence-electron chi connectivity index (χ3n) is 19.0. The summed E-state index contributed by atoms with van der Waals surface area (Å²) in [5, 5.41) is 8.33. The second-order valence-electron chi connectivity index (χ2n) is 21.7. The number of allylic oxidation sites excluding steroid dienone is 3. The summed E-state index contributed by atoms with van der Waals surface area (Å²) in [4.78, 5) is 15.0. The lowest BCUT2D eigenvalue weighted by atomic mass is 9.33. The molecule has 1 saturated heterocycles. The molecule has 5 nitrogen and oxygen atoms in total. The molecule has 57 heavy (non-hydrogen) atoms. The van der Waals surface area contributed by atoms with E-state index >= 15 is 0 Å². The number of carbonyl (C=O) groups is 1. The van der Waals surface area contributed by atoms with Gasteiger partial charge in [0.05, 0.1) is 12.7 Å². The van der Waals surface area contributed by atoms with Crippen LogP contribution in [0.3, 0.4) is 0 Å². The van der Waals surface area contributed by atoms with Crippen molar-refractivity contribution in [2.75, 3.05) is 33.3 Å². The molecule has 0 amide bonds. The molecule has 5 heteroatoms. The molecule has 2 N–H and O–H groups in total. The Kier molecular flexibility index (Phi) is 10.1. The molecule has 2 unspecified atom stereocenters. The average Bonchev–Trinajstić information content (AvgIpc) is 3.71. The van der Waals surface area contributed by atoms with Crippen molar-refractivity contribution in [2.24, 2.45) is 63.1 Å². The molecule has 9 rings (SSSR count). The lowest BCUT2D eigenvalue weighted by Gasteiger charge is -2.72. The maximum absolute atomic E-state index is 12.2. The van der Waals surface area contributed by atoms with Gasteiger partial charge in [-0.05, 0) is 163 Å². The first-order chi connectivity index (χ1) is 27.3. The van der Waals surface area contributed by atoms with E-state index in [1.807, 2.05) is 12.1 Å². The van der Waals surface area contributed by atoms with Crippen LogP contribution in [0.25, 0.3) is 5.57 Å². The van der Waals surface area contributed by atoms with Gasteiger partial charge >= 0.3 is 5.97 Å². The highest BCUT2D eigenvalue weighted by molar-refractivity contribution is 5.90. The number of benzene rings is 2. The Morgan fingerprint density at radius 1 is 0.877 bits per heavy atom. The van der Waals surface area contributed by atoms with E-state index in [4.69, 9.17) is 4.74 Å². The van der Waals surface area contributed by atoms with Gasteiger partial charge in [-0.2, -0.15) is 0 Å². The Morgan fingerprint density at radius 2 is 1.65 bits per heavy atom. The highest BCUT2D eigenvalue weighted by atomic mass is 16.5. The molecule has 2 aromatic rings. The first-order valence-corrected chi connectivity index (χ1v) is 23.0. The molecule has 1 aliphatic heterocycles. The van der Waals surface area contributed by atoms with Gasteiger partial charge in [0.2, 0.25) is 0 Å². The van der Waals surface area contributed by atoms with Crippen LogP contribution in [0, 0.1) is 63.1 Å². The summed E-state index contributed by atoms with van der Waals surface area (Å²) in [5.41, 5.74) is 7.47. The number of hydrogen-bond donors (Lipinski definition) is 2. The minimum atomic E-state index is -0.265. The van der Waals surface area contributed by atoms with Crippen LogP contribution in [-0.4, -0.2) is 55.7 Å². The number of methoxy groups -OCH3 is 1. The summed E-state index contributed by atoms with van der Waals surface area (Å²) in [6, 6.07) is 20.0. The zero-order valence-corrected chi connectivity index (χ0v) is 36.5. The first kappa shape index (κ1) is 39.7. The fourth-order valence-electron chi connectivity index (χ4n) is 16.0. The minimum absolute atomic E-state index is 0.0628. The Bertz CT molecular complexity index is 1870. The highest BCUT2D eigenvalue weighted by Crippen LogP contribution is 2.76. The van der Waals surface area contributed by atoms with Crippen molar-refractivity contribution < 1.29 is 9.53 Å². The number of hydrogen-bond acceptors (Lipinski definition) is 5. The van der Waals surface area contributed by atoms with E-state index in [9.17, 15) is 4.79 Å². The smallest absolute Gasteiger partial charge is 0.337 e. The molecule has 0 bridgehead atoms. The lowest BCUT2D eigenvalue weighted by Crippen LogP contribution is -2.68. The standard InChI is InChI=1S/C52H73N3O2/c1-34(2)39-20-25-52(54-29-28-53-31-43-40-30-38(40)33-55(43)32-35-12-10-9-11-13-35)27-26-50(6)42(46(39)52)18-19-45-49(5)23-21-41(36-14-16-37(17-15-36)47(56)57-8)48(3,4)44(49)22-24-51(45,50)7/h9-17,21,38-40,42-46,53-54H,1,18-20,22-33H2,2-8H3/t38?,39-,40?,42+,43+,44-,45+,46+,49-,50+,51+,52-/m0/s1. The zero-order chi connectivity index (χ0) is 40.0. The van der Waals surface area contributed by atoms with Crippen LogP contribution in [0.4, 0.5) is 0 Å². The predicted molar refractivity (Wildman–Crippen MR) is 234 cm³/mol. The monoisotopic (exact) mass is 772 g/mol. The summed E-state index contributed by atoms with van der Waals surface area (Å²) in [6.45, 7) is 25.9. The van der Waals surface area contributed by atoms with Gasteiger partial charge < -0.3 is 15.4 Å². The highest BCUT2D eigenvalue weighted by Gasteiger charge is 2.70. The first-order valence-electron chi connectivity index (χ1n) is 23.0. The van der Waals surface area contributed by atoms with Gasteiger partial charge in [-0.1, -0.05) is 95.3 Å². The van der Waals surface area contributed by atoms with E-state index in [1.165, 1.54) is 93.7 Å². The third kappa shape index (κ3) is 6.28. The number of carbonyl (C=O) groups excluding carboxylic acids is 1. The average molecular weight is 772 g/mol. The van der Waals surface area contributed by atoms with Crippen LogP contribution in [0.1, 0.15) is 127 Å². The minimum Gasteiger partial charge on any atom is -0.465 e. The van der Waals surface area contributed by atoms with Crippen LogP contribution in [0.5, 0.6) is 0 Å². The van der Waals surface area contributed by atoms with Crippen molar-refractivity contribution in [3.8, 4) is 0 Å². The molecule has 6 fully saturated rings. The molecule has 2 aromatic carbocycles. The molecule has 0 aromatic heterocycles. The van der Waals surface area contributed by atoms with Gasteiger partial charge in [-0.15, -0.1) is 0 Å². The van der Waals surface area contributed by atoms with Crippen molar-refractivity contribution in [1.82, 2.24) is 15.5 Å². The van der Waals surface area contributed by atoms with Crippen LogP contribution in [0.2, 0.25) is 0 Å². The van der Waals surface area contributed by atoms with Crippen molar-refractivity contribution in [3.63, 3.8) is 0 Å². The molecule has 5 saturated carbocycles. The van der Waals surface area contributed by atoms with Gasteiger partial charge in [0.25, 0.3) is 0 Å². The SMILES string of the molecule is C=C(C)[C@@H]1CC[C@]2(NCCNC[C@@H]3C4CC4CN3Cc3ccccc3)CC[C@]3(C)[C@H](CC[C@@H]4[C@@]5(C)CC=C(c6ccc(C(=O)OC)cc6)C(C)(C)[C@@H]5CC[C@]43C)[C@@H]12. The van der Waals surface area contributed by atoms with E-state index in [-0.39, 0.29) is 22.3 Å². The number of piperidine rings is 1. The normalized spacial score (nSPS) is 41.5. The summed E-state index contributed by atoms with van der Waals surface area (Å²) in [6.07, 6.45) is 15.8. The number of nitrogens with one attached hydrogen (secondary N) is 2. The van der Waals surface area contributed by atoms with E-state index in [0.29, 0.717) is 40.2 Å². The molecular weight excluding hydrogens is 699 g/mol. The summed E-state index contributed by atoms with van der Waals surface area (Å²) in [5.74, 6) is 4.98. The van der Waals surface area contributed by atoms with Crippen molar-refractivity contribution in [2.45, 2.75) is 124 Å². The number of nitrogens with zero attached hydrogens (tertiary/aromatic N) is 1. The summed E-state index contributed by atoms with van der Waals surface area (Å²) < 4.78 is 5.00. The fraction of sp³-hybridized carbons (Fsp3) is 0.673. The van der Waals surface area contributed by atoms with E-state index in [0.717, 1.165) is 56.3 Å². The molecular formula is C52H73N3O2. The van der Waals surface area contributed by atoms with Crippen molar-refractivity contribution >= 4 is 11.5 Å². The maximum Gasteiger partial charge on any atom is 0.337 e. The van der Waals surface area contributed by atoms with Gasteiger partial charge in [0.15, 0.2) is 0 Å². The second-order valence-corrected chi connectivity index (χ2v) is 21.7. The van der Waals surface area contributed by atoms with Crippen LogP contribution in [0.15, 0.2) is 72.8 Å². The molecule has 7 aliphatic rings. The van der Waals surface area contributed by atoms with Crippen LogP contribution in [-0.2, 0) is 11.3 Å². The molecule has 12 atom stereocenters. The molecule has 308 valence electrons. The molecule has 1 heterocycles. The molecule has 0 spiro atoms. The van der Waals surface area contributed by atoms with E-state index < -0.39 is 0 Å². The van der Waals surface area contributed by atoms with Crippen LogP contribution < -0.4 is 10.6 Å².